The molecule has 114 valence electrons. The summed E-state index contributed by atoms with van der Waals surface area (Å²) in [4.78, 5) is 10.9. The molecule has 0 atom stereocenters. The molecule has 0 heterocycles. The highest BCUT2D eigenvalue weighted by Crippen LogP contribution is 2.11. The molecular weight excluding hydrogens is 236 g/mol. The highest BCUT2D eigenvalue weighted by atomic mass is 16.5. The van der Waals surface area contributed by atoms with E-state index in [4.69, 9.17) is 4.74 Å². The zero-order valence-electron chi connectivity index (χ0n) is 13.2. The van der Waals surface area contributed by atoms with Gasteiger partial charge in [0.1, 0.15) is 0 Å². The van der Waals surface area contributed by atoms with E-state index in [1.165, 1.54) is 70.6 Å². The van der Waals surface area contributed by atoms with Crippen molar-refractivity contribution in [1.82, 2.24) is 0 Å². The molecule has 0 N–H and O–H groups in total. The van der Waals surface area contributed by atoms with Gasteiger partial charge in [-0.15, -0.1) is 0 Å². The molecule has 0 aromatic heterocycles. The first-order valence-corrected chi connectivity index (χ1v) is 8.46. The van der Waals surface area contributed by atoms with Crippen molar-refractivity contribution in [2.24, 2.45) is 0 Å². The molecule has 0 amide bonds. The van der Waals surface area contributed by atoms with Crippen LogP contribution in [0.3, 0.4) is 0 Å². The van der Waals surface area contributed by atoms with E-state index in [1.807, 2.05) is 6.92 Å². The van der Waals surface area contributed by atoms with Gasteiger partial charge >= 0.3 is 5.97 Å². The van der Waals surface area contributed by atoms with E-state index in [1.54, 1.807) is 0 Å². The van der Waals surface area contributed by atoms with Crippen molar-refractivity contribution in [2.45, 2.75) is 97.3 Å². The van der Waals surface area contributed by atoms with Gasteiger partial charge < -0.3 is 4.74 Å². The maximum absolute atomic E-state index is 10.9. The lowest BCUT2D eigenvalue weighted by molar-refractivity contribution is -0.143. The van der Waals surface area contributed by atoms with Crippen molar-refractivity contribution >= 4 is 5.97 Å². The van der Waals surface area contributed by atoms with Crippen LogP contribution in [0.25, 0.3) is 0 Å². The van der Waals surface area contributed by atoms with Crippen molar-refractivity contribution in [3.63, 3.8) is 0 Å². The van der Waals surface area contributed by atoms with E-state index in [-0.39, 0.29) is 5.97 Å². The zero-order chi connectivity index (χ0) is 14.2. The van der Waals surface area contributed by atoms with Gasteiger partial charge in [0.15, 0.2) is 0 Å². The number of hydrogen-bond donors (Lipinski definition) is 0. The summed E-state index contributed by atoms with van der Waals surface area (Å²) < 4.78 is 5.04. The number of rotatable bonds is 14. The Morgan fingerprint density at radius 3 is 1.53 bits per heavy atom. The minimum atomic E-state index is -0.0666. The normalized spacial score (nSPS) is 10.6. The first-order chi connectivity index (χ1) is 9.31. The van der Waals surface area contributed by atoms with Gasteiger partial charge in [-0.3, -0.25) is 4.79 Å². The molecule has 0 saturated heterocycles. The zero-order valence-corrected chi connectivity index (χ0v) is 13.2. The molecule has 19 heavy (non-hydrogen) atoms. The molecule has 0 bridgehead atoms. The Kier molecular flexibility index (Phi) is 15.1. The lowest BCUT2D eigenvalue weighted by atomic mass is 10.1. The van der Waals surface area contributed by atoms with Crippen LogP contribution in [0, 0.1) is 0 Å². The van der Waals surface area contributed by atoms with Gasteiger partial charge in [0, 0.05) is 6.42 Å². The summed E-state index contributed by atoms with van der Waals surface area (Å²) in [7, 11) is 0. The number of unbranched alkanes of at least 4 members (excludes halogenated alkanes) is 11. The summed E-state index contributed by atoms with van der Waals surface area (Å²) >= 11 is 0. The van der Waals surface area contributed by atoms with Crippen LogP contribution in [0.1, 0.15) is 97.3 Å². The summed E-state index contributed by atoms with van der Waals surface area (Å²) in [5.41, 5.74) is 0. The van der Waals surface area contributed by atoms with Crippen molar-refractivity contribution < 1.29 is 9.53 Å². The van der Waals surface area contributed by atoms with Crippen molar-refractivity contribution in [1.29, 1.82) is 0 Å². The Morgan fingerprint density at radius 2 is 1.11 bits per heavy atom. The summed E-state index contributed by atoms with van der Waals surface area (Å²) in [6.45, 7) is 4.72. The van der Waals surface area contributed by atoms with E-state index in [2.05, 4.69) is 6.92 Å². The smallest absolute Gasteiger partial charge is 0.305 e. The average Bonchev–Trinajstić information content (AvgIpc) is 2.43. The lowest BCUT2D eigenvalue weighted by Gasteiger charge is -2.04. The molecule has 2 nitrogen and oxygen atoms in total. The quantitative estimate of drug-likeness (QED) is 0.301. The minimum absolute atomic E-state index is 0.0666. The largest absolute Gasteiger partial charge is 0.466 e. The van der Waals surface area contributed by atoms with Crippen molar-refractivity contribution in [3.8, 4) is 0 Å². The minimum Gasteiger partial charge on any atom is -0.466 e. The van der Waals surface area contributed by atoms with E-state index in [0.717, 1.165) is 6.42 Å². The van der Waals surface area contributed by atoms with Gasteiger partial charge in [0.05, 0.1) is 6.61 Å². The van der Waals surface area contributed by atoms with E-state index >= 15 is 0 Å². The second-order valence-electron chi connectivity index (χ2n) is 5.46. The second kappa shape index (κ2) is 15.5. The highest BCUT2D eigenvalue weighted by Gasteiger charge is 1.97. The van der Waals surface area contributed by atoms with Crippen LogP contribution in [0.15, 0.2) is 0 Å². The van der Waals surface area contributed by atoms with Crippen molar-refractivity contribution in [2.75, 3.05) is 6.61 Å². The first kappa shape index (κ1) is 18.5. The Balaban J connectivity index is 2.97. The van der Waals surface area contributed by atoms with Crippen LogP contribution < -0.4 is 0 Å². The fourth-order valence-electron chi connectivity index (χ4n) is 2.23. The number of ether oxygens (including phenoxy) is 1. The monoisotopic (exact) mass is 270 g/mol. The summed E-state index contributed by atoms with van der Waals surface area (Å²) in [6.07, 6.45) is 16.6. The van der Waals surface area contributed by atoms with Gasteiger partial charge in [-0.25, -0.2) is 0 Å². The Hall–Kier alpha value is -0.530. The van der Waals surface area contributed by atoms with Gasteiger partial charge in [-0.1, -0.05) is 84.5 Å². The van der Waals surface area contributed by atoms with Crippen LogP contribution in [0.5, 0.6) is 0 Å². The molecular formula is C17H34O2. The van der Waals surface area contributed by atoms with E-state index < -0.39 is 0 Å². The molecule has 0 saturated carbocycles. The predicted molar refractivity (Wildman–Crippen MR) is 82.3 cm³/mol. The van der Waals surface area contributed by atoms with Gasteiger partial charge in [-0.05, 0) is 6.42 Å². The summed E-state index contributed by atoms with van der Waals surface area (Å²) in [5.74, 6) is -0.0666. The van der Waals surface area contributed by atoms with Crippen molar-refractivity contribution in [3.05, 3.63) is 0 Å². The highest BCUT2D eigenvalue weighted by molar-refractivity contribution is 5.68. The molecule has 0 spiro atoms. The van der Waals surface area contributed by atoms with Gasteiger partial charge in [0.25, 0.3) is 0 Å². The topological polar surface area (TPSA) is 26.3 Å². The van der Waals surface area contributed by atoms with Crippen LogP contribution in [-0.4, -0.2) is 12.6 Å². The molecule has 0 aromatic rings. The Labute approximate surface area is 120 Å². The predicted octanol–water partition coefficient (Wildman–Crippen LogP) is 5.64. The van der Waals surface area contributed by atoms with Crippen LogP contribution in [0.2, 0.25) is 0 Å². The maximum atomic E-state index is 10.9. The number of hydrogen-bond acceptors (Lipinski definition) is 2. The second-order valence-corrected chi connectivity index (χ2v) is 5.46. The molecule has 0 aliphatic rings. The van der Waals surface area contributed by atoms with E-state index in [0.29, 0.717) is 13.0 Å². The molecule has 0 aromatic carbocycles. The standard InChI is InChI=1S/C17H34O2/c1-3-5-6-7-8-9-10-11-12-13-14-15-16-19-17(18)4-2/h3-16H2,1-2H3. The Bertz CT molecular complexity index is 190. The molecule has 0 aliphatic heterocycles. The molecule has 2 heteroatoms. The van der Waals surface area contributed by atoms with Crippen LogP contribution in [-0.2, 0) is 9.53 Å². The number of esters is 1. The van der Waals surface area contributed by atoms with E-state index in [9.17, 15) is 4.79 Å². The maximum Gasteiger partial charge on any atom is 0.305 e. The SMILES string of the molecule is CCCCCCCCCCCCCCOC(=O)CC. The van der Waals surface area contributed by atoms with Gasteiger partial charge in [0.2, 0.25) is 0 Å². The summed E-state index contributed by atoms with van der Waals surface area (Å²) in [6, 6.07) is 0. The molecule has 0 radical (unpaired) electrons. The molecule has 0 fully saturated rings. The van der Waals surface area contributed by atoms with Crippen LogP contribution >= 0.6 is 0 Å². The third-order valence-corrected chi connectivity index (χ3v) is 3.55. The number of carbonyl (C=O) groups excluding carboxylic acids is 1. The molecule has 0 unspecified atom stereocenters. The fraction of sp³-hybridized carbons (Fsp3) is 0.941. The third kappa shape index (κ3) is 15.4. The average molecular weight is 270 g/mol. The summed E-state index contributed by atoms with van der Waals surface area (Å²) in [5, 5.41) is 0. The molecule has 0 rings (SSSR count). The molecule has 0 aliphatic carbocycles. The van der Waals surface area contributed by atoms with Gasteiger partial charge in [-0.2, -0.15) is 0 Å². The number of carbonyl (C=O) groups is 1. The Morgan fingerprint density at radius 1 is 0.684 bits per heavy atom. The fourth-order valence-corrected chi connectivity index (χ4v) is 2.23. The third-order valence-electron chi connectivity index (χ3n) is 3.55. The lowest BCUT2D eigenvalue weighted by Crippen LogP contribution is -2.03. The van der Waals surface area contributed by atoms with Crippen LogP contribution in [0.4, 0.5) is 0 Å². The first-order valence-electron chi connectivity index (χ1n) is 8.46.